The third-order valence-corrected chi connectivity index (χ3v) is 5.68. The van der Waals surface area contributed by atoms with Gasteiger partial charge in [-0.15, -0.1) is 0 Å². The molecule has 7 heteroatoms. The number of esters is 2. The summed E-state index contributed by atoms with van der Waals surface area (Å²) in [6, 6.07) is 8.42. The van der Waals surface area contributed by atoms with Crippen LogP contribution in [0.25, 0.3) is 6.08 Å². The second-order valence-electron chi connectivity index (χ2n) is 10.2. The van der Waals surface area contributed by atoms with Gasteiger partial charge in [0, 0.05) is 23.8 Å². The van der Waals surface area contributed by atoms with Crippen LogP contribution in [0.5, 0.6) is 23.0 Å². The summed E-state index contributed by atoms with van der Waals surface area (Å²) in [5, 5.41) is 0. The number of carbonyl (C=O) groups excluding carboxylic acids is 3. The minimum Gasteiger partial charge on any atom is -0.496 e. The fourth-order valence-electron chi connectivity index (χ4n) is 3.91. The Morgan fingerprint density at radius 2 is 1.53 bits per heavy atom. The van der Waals surface area contributed by atoms with E-state index < -0.39 is 23.3 Å². The van der Waals surface area contributed by atoms with Crippen LogP contribution in [0.1, 0.15) is 69.4 Å². The molecule has 1 aliphatic heterocycles. The molecule has 0 aliphatic carbocycles. The Kier molecular flexibility index (Phi) is 8.94. The lowest BCUT2D eigenvalue weighted by atomic mass is 9.91. The summed E-state index contributed by atoms with van der Waals surface area (Å²) in [5.41, 5.74) is 2.72. The summed E-state index contributed by atoms with van der Waals surface area (Å²) >= 11 is 0. The number of methoxy groups -OCH3 is 1. The predicted octanol–water partition coefficient (Wildman–Crippen LogP) is 6.44. The molecule has 1 heterocycles. The molecule has 0 fully saturated rings. The largest absolute Gasteiger partial charge is 0.496 e. The molecule has 0 amide bonds. The van der Waals surface area contributed by atoms with Crippen LogP contribution in [-0.4, -0.2) is 30.4 Å². The smallest absolute Gasteiger partial charge is 0.336 e. The Hall–Kier alpha value is -4.13. The minimum absolute atomic E-state index is 0.147. The molecule has 0 N–H and O–H groups in total. The van der Waals surface area contributed by atoms with Gasteiger partial charge in [0.05, 0.1) is 7.11 Å². The number of ether oxygens (including phenoxy) is 4. The van der Waals surface area contributed by atoms with Gasteiger partial charge in [0.2, 0.25) is 0 Å². The topological polar surface area (TPSA) is 88.1 Å². The van der Waals surface area contributed by atoms with Gasteiger partial charge in [-0.1, -0.05) is 29.4 Å². The summed E-state index contributed by atoms with van der Waals surface area (Å²) in [6.07, 6.45) is 7.06. The van der Waals surface area contributed by atoms with Gasteiger partial charge < -0.3 is 18.9 Å². The summed E-state index contributed by atoms with van der Waals surface area (Å²) < 4.78 is 22.7. The molecule has 2 aromatic rings. The summed E-state index contributed by atoms with van der Waals surface area (Å²) in [7, 11) is 1.45. The third kappa shape index (κ3) is 7.44. The zero-order valence-electron chi connectivity index (χ0n) is 23.0. The van der Waals surface area contributed by atoms with Crippen molar-refractivity contribution in [1.29, 1.82) is 0 Å². The maximum Gasteiger partial charge on any atom is 0.336 e. The number of carbonyl (C=O) groups is 3. The number of fused-ring (bicyclic) bond motifs is 1. The molecule has 0 bridgehead atoms. The van der Waals surface area contributed by atoms with Crippen molar-refractivity contribution < 1.29 is 33.3 Å². The minimum atomic E-state index is -0.582. The van der Waals surface area contributed by atoms with E-state index in [-0.39, 0.29) is 17.1 Å². The van der Waals surface area contributed by atoms with Gasteiger partial charge >= 0.3 is 11.9 Å². The number of hydrogen-bond donors (Lipinski definition) is 0. The highest BCUT2D eigenvalue weighted by atomic mass is 16.5. The number of rotatable bonds is 8. The lowest BCUT2D eigenvalue weighted by molar-refractivity contribution is -0.130. The van der Waals surface area contributed by atoms with E-state index in [1.165, 1.54) is 25.3 Å². The van der Waals surface area contributed by atoms with Crippen molar-refractivity contribution in [2.75, 3.05) is 7.11 Å². The quantitative estimate of drug-likeness (QED) is 0.172. The number of allylic oxidation sites excluding steroid dienone is 3. The lowest BCUT2D eigenvalue weighted by Gasteiger charge is -2.34. The molecular weight excluding hydrogens is 484 g/mol. The first-order valence-electron chi connectivity index (χ1n) is 12.4. The molecule has 200 valence electrons. The molecule has 0 aromatic heterocycles. The Balaban J connectivity index is 1.95. The summed E-state index contributed by atoms with van der Waals surface area (Å²) in [5.74, 6) is -0.118. The van der Waals surface area contributed by atoms with Gasteiger partial charge in [0.25, 0.3) is 0 Å². The lowest BCUT2D eigenvalue weighted by Crippen LogP contribution is -2.33. The number of hydrogen-bond acceptors (Lipinski definition) is 7. The first-order chi connectivity index (χ1) is 17.9. The third-order valence-electron chi connectivity index (χ3n) is 5.68. The van der Waals surface area contributed by atoms with Crippen molar-refractivity contribution in [2.24, 2.45) is 0 Å². The second kappa shape index (κ2) is 11.9. The maximum absolute atomic E-state index is 13.5. The summed E-state index contributed by atoms with van der Waals surface area (Å²) in [6.45, 7) is 11.2. The van der Waals surface area contributed by atoms with Crippen LogP contribution < -0.4 is 18.9 Å². The van der Waals surface area contributed by atoms with E-state index in [2.05, 4.69) is 0 Å². The highest BCUT2D eigenvalue weighted by molar-refractivity contribution is 6.11. The van der Waals surface area contributed by atoms with Gasteiger partial charge in [0.15, 0.2) is 11.5 Å². The van der Waals surface area contributed by atoms with Crippen LogP contribution in [0, 0.1) is 0 Å². The summed E-state index contributed by atoms with van der Waals surface area (Å²) in [4.78, 5) is 37.9. The van der Waals surface area contributed by atoms with Gasteiger partial charge in [-0.05, 0) is 78.2 Å². The van der Waals surface area contributed by atoms with E-state index in [0.29, 0.717) is 35.5 Å². The number of ketones is 1. The molecule has 0 atom stereocenters. The van der Waals surface area contributed by atoms with Crippen LogP contribution in [0.4, 0.5) is 0 Å². The average molecular weight is 519 g/mol. The first kappa shape index (κ1) is 28.4. The molecular formula is C31H34O7. The van der Waals surface area contributed by atoms with Crippen LogP contribution in [0.2, 0.25) is 0 Å². The Morgan fingerprint density at radius 1 is 0.921 bits per heavy atom. The maximum atomic E-state index is 13.5. The van der Waals surface area contributed by atoms with E-state index in [1.54, 1.807) is 50.3 Å². The molecule has 0 saturated heterocycles. The fraction of sp³-hybridized carbons (Fsp3) is 0.323. The van der Waals surface area contributed by atoms with Crippen molar-refractivity contribution in [3.63, 3.8) is 0 Å². The van der Waals surface area contributed by atoms with Crippen LogP contribution >= 0.6 is 0 Å². The molecule has 0 unspecified atom stereocenters. The Morgan fingerprint density at radius 3 is 2.11 bits per heavy atom. The van der Waals surface area contributed by atoms with Crippen molar-refractivity contribution in [2.45, 2.75) is 60.0 Å². The average Bonchev–Trinajstić information content (AvgIpc) is 2.81. The molecule has 2 aromatic carbocycles. The monoisotopic (exact) mass is 518 g/mol. The van der Waals surface area contributed by atoms with Crippen molar-refractivity contribution in [1.82, 2.24) is 0 Å². The Bertz CT molecular complexity index is 1320. The molecule has 3 rings (SSSR count). The van der Waals surface area contributed by atoms with E-state index in [4.69, 9.17) is 18.9 Å². The molecule has 0 radical (unpaired) electrons. The van der Waals surface area contributed by atoms with Crippen molar-refractivity contribution >= 4 is 23.8 Å². The van der Waals surface area contributed by atoms with E-state index in [1.807, 2.05) is 27.7 Å². The first-order valence-corrected chi connectivity index (χ1v) is 12.4. The van der Waals surface area contributed by atoms with Gasteiger partial charge in [0.1, 0.15) is 28.4 Å². The van der Waals surface area contributed by atoms with Crippen molar-refractivity contribution in [3.8, 4) is 23.0 Å². The van der Waals surface area contributed by atoms with Crippen molar-refractivity contribution in [3.05, 3.63) is 76.4 Å². The highest BCUT2D eigenvalue weighted by Gasteiger charge is 2.33. The highest BCUT2D eigenvalue weighted by Crippen LogP contribution is 2.45. The fourth-order valence-corrected chi connectivity index (χ4v) is 3.91. The predicted molar refractivity (Wildman–Crippen MR) is 146 cm³/mol. The SMILES string of the molecule is COc1cc2c(c(OC(=O)C=C(C)C)c1C(=O)/C=C/c1ccc(OC(=O)C=C(C)C)cc1)CCC(C)(C)O2. The van der Waals surface area contributed by atoms with E-state index in [9.17, 15) is 14.4 Å². The molecule has 0 spiro atoms. The van der Waals surface area contributed by atoms with E-state index >= 15 is 0 Å². The Labute approximate surface area is 223 Å². The van der Waals surface area contributed by atoms with Gasteiger partial charge in [-0.2, -0.15) is 0 Å². The van der Waals surface area contributed by atoms with Crippen LogP contribution in [-0.2, 0) is 16.0 Å². The molecule has 1 aliphatic rings. The standard InChI is InChI=1S/C31H34O7/c1-19(2)16-27(33)36-22-11-8-21(9-12-22)10-13-24(32)29-26(35-7)18-25-23(14-15-31(5,6)38-25)30(29)37-28(34)17-20(3)4/h8-13,16-18H,14-15H2,1-7H3/b13-10+. The van der Waals surface area contributed by atoms with Crippen LogP contribution in [0.15, 0.2) is 59.7 Å². The molecule has 7 nitrogen and oxygen atoms in total. The molecule has 0 saturated carbocycles. The zero-order valence-corrected chi connectivity index (χ0v) is 23.0. The second-order valence-corrected chi connectivity index (χ2v) is 10.2. The van der Waals surface area contributed by atoms with Gasteiger partial charge in [-0.3, -0.25) is 4.79 Å². The molecule has 38 heavy (non-hydrogen) atoms. The normalized spacial score (nSPS) is 13.6. The number of benzene rings is 2. The van der Waals surface area contributed by atoms with E-state index in [0.717, 1.165) is 11.1 Å². The van der Waals surface area contributed by atoms with Gasteiger partial charge in [-0.25, -0.2) is 9.59 Å². The zero-order chi connectivity index (χ0) is 28.0. The van der Waals surface area contributed by atoms with Crippen LogP contribution in [0.3, 0.4) is 0 Å².